The summed E-state index contributed by atoms with van der Waals surface area (Å²) in [7, 11) is 1.12. The molecule has 144 valence electrons. The molecule has 1 fully saturated rings. The summed E-state index contributed by atoms with van der Waals surface area (Å²) < 4.78 is 19.6. The van der Waals surface area contributed by atoms with Crippen molar-refractivity contribution in [1.29, 1.82) is 5.26 Å². The third-order valence-corrected chi connectivity index (χ3v) is 5.31. The number of esters is 1. The molecule has 2 aliphatic rings. The largest absolute Gasteiger partial charge is 0.468 e. The maximum atomic E-state index is 14.7. The smallest absolute Gasteiger partial charge is 0.329 e. The van der Waals surface area contributed by atoms with Gasteiger partial charge in [-0.25, -0.2) is 4.39 Å². The SMILES string of the molecule is COC(=O)[C@@]1(C#N)[C@@H](c2ccccc2F)[C@H](C(N)=O)N2C=C(C(C)=O)C=C[C@@H]21. The zero-order chi connectivity index (χ0) is 20.6. The molecule has 0 radical (unpaired) electrons. The van der Waals surface area contributed by atoms with E-state index in [9.17, 15) is 24.0 Å². The number of allylic oxidation sites excluding steroid dienone is 2. The highest BCUT2D eigenvalue weighted by atomic mass is 19.1. The number of primary amides is 1. The van der Waals surface area contributed by atoms with Crippen LogP contribution in [-0.2, 0) is 19.1 Å². The van der Waals surface area contributed by atoms with Crippen LogP contribution >= 0.6 is 0 Å². The lowest BCUT2D eigenvalue weighted by atomic mass is 9.68. The number of benzene rings is 1. The summed E-state index contributed by atoms with van der Waals surface area (Å²) in [6.45, 7) is 1.35. The molecule has 0 saturated carbocycles. The Morgan fingerprint density at radius 1 is 1.32 bits per heavy atom. The Hall–Kier alpha value is -3.47. The topological polar surface area (TPSA) is 113 Å². The summed E-state index contributed by atoms with van der Waals surface area (Å²) in [6, 6.07) is 5.36. The predicted octanol–water partition coefficient (Wildman–Crippen LogP) is 1.17. The van der Waals surface area contributed by atoms with Crippen molar-refractivity contribution in [3.8, 4) is 6.07 Å². The summed E-state index contributed by atoms with van der Waals surface area (Å²) in [5, 5.41) is 10.1. The van der Waals surface area contributed by atoms with Gasteiger partial charge in [-0.1, -0.05) is 30.4 Å². The van der Waals surface area contributed by atoms with E-state index in [1.54, 1.807) is 6.07 Å². The number of nitrogens with zero attached hydrogens (tertiary/aromatic N) is 2. The maximum absolute atomic E-state index is 14.7. The van der Waals surface area contributed by atoms with Gasteiger partial charge in [-0.05, 0) is 18.6 Å². The van der Waals surface area contributed by atoms with Crippen molar-refractivity contribution in [3.05, 3.63) is 59.6 Å². The number of ketones is 1. The van der Waals surface area contributed by atoms with E-state index in [0.29, 0.717) is 0 Å². The van der Waals surface area contributed by atoms with Crippen LogP contribution in [-0.4, -0.2) is 41.8 Å². The number of methoxy groups -OCH3 is 1. The quantitative estimate of drug-likeness (QED) is 0.781. The van der Waals surface area contributed by atoms with E-state index < -0.39 is 41.1 Å². The van der Waals surface area contributed by atoms with Gasteiger partial charge in [0.05, 0.1) is 19.2 Å². The number of fused-ring (bicyclic) bond motifs is 1. The van der Waals surface area contributed by atoms with E-state index in [4.69, 9.17) is 10.5 Å². The molecule has 0 bridgehead atoms. The molecule has 1 aromatic carbocycles. The number of hydrogen-bond donors (Lipinski definition) is 1. The first-order chi connectivity index (χ1) is 13.3. The minimum Gasteiger partial charge on any atom is -0.468 e. The number of amides is 1. The molecule has 7 nitrogen and oxygen atoms in total. The number of nitrogens with two attached hydrogens (primary N) is 1. The Morgan fingerprint density at radius 2 is 2.00 bits per heavy atom. The van der Waals surface area contributed by atoms with Gasteiger partial charge in [0.15, 0.2) is 11.2 Å². The maximum Gasteiger partial charge on any atom is 0.329 e. The van der Waals surface area contributed by atoms with Gasteiger partial charge in [0.25, 0.3) is 0 Å². The molecule has 4 atom stereocenters. The summed E-state index contributed by atoms with van der Waals surface area (Å²) in [4.78, 5) is 38.4. The summed E-state index contributed by atoms with van der Waals surface area (Å²) in [5.41, 5.74) is 3.95. The number of carbonyl (C=O) groups is 3. The van der Waals surface area contributed by atoms with Crippen molar-refractivity contribution < 1.29 is 23.5 Å². The van der Waals surface area contributed by atoms with Crippen molar-refractivity contribution in [2.75, 3.05) is 7.11 Å². The minimum absolute atomic E-state index is 0.00109. The average Bonchev–Trinajstić information content (AvgIpc) is 2.98. The third kappa shape index (κ3) is 2.59. The third-order valence-electron chi connectivity index (χ3n) is 5.31. The first kappa shape index (κ1) is 19.3. The predicted molar refractivity (Wildman–Crippen MR) is 95.7 cm³/mol. The molecule has 1 amide bonds. The zero-order valence-corrected chi connectivity index (χ0v) is 15.3. The first-order valence-corrected chi connectivity index (χ1v) is 8.51. The van der Waals surface area contributed by atoms with Gasteiger partial charge in [0, 0.05) is 17.7 Å². The summed E-state index contributed by atoms with van der Waals surface area (Å²) in [5.74, 6) is -3.95. The van der Waals surface area contributed by atoms with Crippen molar-refractivity contribution in [2.24, 2.45) is 11.1 Å². The van der Waals surface area contributed by atoms with Crippen molar-refractivity contribution in [1.82, 2.24) is 4.90 Å². The second kappa shape index (κ2) is 6.93. The Balaban J connectivity index is 2.33. The Kier molecular flexibility index (Phi) is 4.77. The molecule has 0 aliphatic carbocycles. The normalized spacial score (nSPS) is 28.1. The molecular formula is C20H18FN3O4. The van der Waals surface area contributed by atoms with Gasteiger partial charge < -0.3 is 15.4 Å². The molecule has 0 aromatic heterocycles. The summed E-state index contributed by atoms with van der Waals surface area (Å²) >= 11 is 0. The van der Waals surface area contributed by atoms with Crippen LogP contribution in [0.2, 0.25) is 0 Å². The van der Waals surface area contributed by atoms with Crippen molar-refractivity contribution in [3.63, 3.8) is 0 Å². The number of ether oxygens (including phenoxy) is 1. The molecule has 8 heteroatoms. The lowest BCUT2D eigenvalue weighted by molar-refractivity contribution is -0.150. The number of halogens is 1. The molecule has 2 heterocycles. The van der Waals surface area contributed by atoms with E-state index in [1.807, 2.05) is 6.07 Å². The van der Waals surface area contributed by atoms with E-state index in [-0.39, 0.29) is 16.9 Å². The Labute approximate surface area is 160 Å². The van der Waals surface area contributed by atoms with Gasteiger partial charge in [-0.3, -0.25) is 14.4 Å². The number of nitriles is 1. The van der Waals surface area contributed by atoms with Crippen LogP contribution < -0.4 is 5.73 Å². The van der Waals surface area contributed by atoms with Gasteiger partial charge in [-0.2, -0.15) is 5.26 Å². The van der Waals surface area contributed by atoms with Gasteiger partial charge >= 0.3 is 5.97 Å². The van der Waals surface area contributed by atoms with E-state index in [2.05, 4.69) is 0 Å². The summed E-state index contributed by atoms with van der Waals surface area (Å²) in [6.07, 6.45) is 4.34. The van der Waals surface area contributed by atoms with Gasteiger partial charge in [-0.15, -0.1) is 0 Å². The zero-order valence-electron chi connectivity index (χ0n) is 15.3. The second-order valence-corrected chi connectivity index (χ2v) is 6.71. The average molecular weight is 383 g/mol. The molecule has 1 saturated heterocycles. The van der Waals surface area contributed by atoms with E-state index in [1.165, 1.54) is 48.4 Å². The number of rotatable bonds is 4. The van der Waals surface area contributed by atoms with Crippen LogP contribution in [0.3, 0.4) is 0 Å². The monoisotopic (exact) mass is 383 g/mol. The number of carbonyl (C=O) groups excluding carboxylic acids is 3. The number of Topliss-reactive ketones (excluding diaryl/α,β-unsaturated/α-hetero) is 1. The fourth-order valence-corrected chi connectivity index (χ4v) is 4.08. The van der Waals surface area contributed by atoms with Gasteiger partial charge in [0.2, 0.25) is 5.91 Å². The van der Waals surface area contributed by atoms with Crippen molar-refractivity contribution >= 4 is 17.7 Å². The van der Waals surface area contributed by atoms with Crippen LogP contribution in [0.25, 0.3) is 0 Å². The molecule has 0 unspecified atom stereocenters. The molecular weight excluding hydrogens is 365 g/mol. The molecule has 0 spiro atoms. The molecule has 3 rings (SSSR count). The van der Waals surface area contributed by atoms with Gasteiger partial charge in [0.1, 0.15) is 11.9 Å². The number of hydrogen-bond acceptors (Lipinski definition) is 6. The van der Waals surface area contributed by atoms with Crippen molar-refractivity contribution in [2.45, 2.75) is 24.9 Å². The van der Waals surface area contributed by atoms with Crippen LogP contribution in [0.5, 0.6) is 0 Å². The van der Waals surface area contributed by atoms with E-state index in [0.717, 1.165) is 7.11 Å². The molecule has 2 N–H and O–H groups in total. The highest BCUT2D eigenvalue weighted by molar-refractivity contribution is 5.97. The highest BCUT2D eigenvalue weighted by Gasteiger charge is 2.66. The first-order valence-electron chi connectivity index (χ1n) is 8.51. The minimum atomic E-state index is -1.94. The Bertz CT molecular complexity index is 964. The van der Waals surface area contributed by atoms with Crippen LogP contribution in [0, 0.1) is 22.6 Å². The molecule has 28 heavy (non-hydrogen) atoms. The molecule has 1 aromatic rings. The standard InChI is InChI=1S/C20H18FN3O4/c1-11(25)12-7-8-15-20(10-22,19(27)28-2)16(13-5-3-4-6-14(13)21)17(18(23)26)24(15)9-12/h3-9,15-17H,1-2H3,(H2,23,26)/t15-,16+,17-,20-/m1/s1. The van der Waals surface area contributed by atoms with E-state index >= 15 is 0 Å². The lowest BCUT2D eigenvalue weighted by Gasteiger charge is -2.32. The molecule has 2 aliphatic heterocycles. The lowest BCUT2D eigenvalue weighted by Crippen LogP contribution is -2.45. The fourth-order valence-electron chi connectivity index (χ4n) is 4.08. The van der Waals surface area contributed by atoms with Crippen LogP contribution in [0.4, 0.5) is 4.39 Å². The highest BCUT2D eigenvalue weighted by Crippen LogP contribution is 2.54. The fraction of sp³-hybridized carbons (Fsp3) is 0.300. The Morgan fingerprint density at radius 3 is 2.54 bits per heavy atom. The van der Waals surface area contributed by atoms with Crippen LogP contribution in [0.1, 0.15) is 18.4 Å². The van der Waals surface area contributed by atoms with Crippen LogP contribution in [0.15, 0.2) is 48.2 Å². The second-order valence-electron chi connectivity index (χ2n) is 6.71.